The van der Waals surface area contributed by atoms with Gasteiger partial charge in [-0.25, -0.2) is 0 Å². The number of nitrogens with zero attached hydrogens (tertiary/aromatic N) is 1. The molecule has 0 saturated carbocycles. The van der Waals surface area contributed by atoms with E-state index in [4.69, 9.17) is 5.11 Å². The summed E-state index contributed by atoms with van der Waals surface area (Å²) in [5.41, 5.74) is 0.924. The van der Waals surface area contributed by atoms with Crippen molar-refractivity contribution in [2.24, 2.45) is 0 Å². The normalized spacial score (nSPS) is 13.3. The van der Waals surface area contributed by atoms with Gasteiger partial charge in [0.2, 0.25) is 0 Å². The summed E-state index contributed by atoms with van der Waals surface area (Å²) in [7, 11) is 1.94. The third-order valence-corrected chi connectivity index (χ3v) is 2.04. The first-order chi connectivity index (χ1) is 6.72. The monoisotopic (exact) mass is 192 g/mol. The van der Waals surface area contributed by atoms with Crippen molar-refractivity contribution in [1.29, 1.82) is 0 Å². The summed E-state index contributed by atoms with van der Waals surface area (Å²) >= 11 is 0. The molecule has 0 aromatic carbocycles. The van der Waals surface area contributed by atoms with Crippen LogP contribution in [0.3, 0.4) is 0 Å². The van der Waals surface area contributed by atoms with E-state index >= 15 is 0 Å². The quantitative estimate of drug-likeness (QED) is 0.764. The van der Waals surface area contributed by atoms with Crippen molar-refractivity contribution in [3.05, 3.63) is 30.1 Å². The molecule has 1 atom stereocenters. The van der Waals surface area contributed by atoms with Gasteiger partial charge in [-0.3, -0.25) is 4.98 Å². The zero-order chi connectivity index (χ0) is 10.4. The molecule has 0 amide bonds. The molecule has 14 heavy (non-hydrogen) atoms. The molecule has 0 aliphatic heterocycles. The Morgan fingerprint density at radius 3 is 3.00 bits per heavy atom. The van der Waals surface area contributed by atoms with Crippen molar-refractivity contribution < 1.29 is 5.11 Å². The highest BCUT2D eigenvalue weighted by Gasteiger charge is 1.93. The number of aromatic nitrogens is 1. The molecule has 1 rings (SSSR count). The smallest absolute Gasteiger partial charge is 0.134 e. The van der Waals surface area contributed by atoms with Crippen LogP contribution in [-0.4, -0.2) is 23.2 Å². The van der Waals surface area contributed by atoms with Gasteiger partial charge in [-0.05, 0) is 32.0 Å². The van der Waals surface area contributed by atoms with Crippen molar-refractivity contribution >= 4 is 6.08 Å². The first kappa shape index (κ1) is 10.7. The lowest BCUT2D eigenvalue weighted by molar-refractivity contribution is 0.472. The Morgan fingerprint density at radius 2 is 2.36 bits per heavy atom. The minimum atomic E-state index is 0.203. The SMILES string of the molecule is CN[C@@H](C)C/C=C/c1cncc(O)c1. The van der Waals surface area contributed by atoms with Crippen LogP contribution >= 0.6 is 0 Å². The summed E-state index contributed by atoms with van der Waals surface area (Å²) in [5.74, 6) is 0.203. The van der Waals surface area contributed by atoms with E-state index in [1.807, 2.05) is 13.1 Å². The second kappa shape index (κ2) is 5.40. The first-order valence-electron chi connectivity index (χ1n) is 4.70. The van der Waals surface area contributed by atoms with Crippen LogP contribution in [0.1, 0.15) is 18.9 Å². The zero-order valence-electron chi connectivity index (χ0n) is 8.57. The van der Waals surface area contributed by atoms with Crippen LogP contribution in [0.2, 0.25) is 0 Å². The highest BCUT2D eigenvalue weighted by atomic mass is 16.3. The van der Waals surface area contributed by atoms with Gasteiger partial charge in [0, 0.05) is 12.2 Å². The molecule has 1 heterocycles. The number of rotatable bonds is 4. The van der Waals surface area contributed by atoms with Crippen LogP contribution in [0, 0.1) is 0 Å². The average Bonchev–Trinajstić information content (AvgIpc) is 2.17. The Hall–Kier alpha value is -1.35. The molecule has 0 fully saturated rings. The lowest BCUT2D eigenvalue weighted by Gasteiger charge is -2.04. The molecule has 0 bridgehead atoms. The van der Waals surface area contributed by atoms with E-state index < -0.39 is 0 Å². The molecule has 0 aliphatic rings. The molecule has 76 valence electrons. The molecule has 3 heteroatoms. The van der Waals surface area contributed by atoms with E-state index in [-0.39, 0.29) is 5.75 Å². The average molecular weight is 192 g/mol. The molecule has 0 saturated heterocycles. The Labute approximate surface area is 84.5 Å². The van der Waals surface area contributed by atoms with Gasteiger partial charge in [-0.15, -0.1) is 0 Å². The largest absolute Gasteiger partial charge is 0.506 e. The van der Waals surface area contributed by atoms with Gasteiger partial charge in [-0.2, -0.15) is 0 Å². The number of pyridine rings is 1. The third kappa shape index (κ3) is 3.58. The molecular weight excluding hydrogens is 176 g/mol. The van der Waals surface area contributed by atoms with E-state index in [1.54, 1.807) is 12.3 Å². The van der Waals surface area contributed by atoms with Crippen LogP contribution < -0.4 is 5.32 Å². The van der Waals surface area contributed by atoms with Gasteiger partial charge in [-0.1, -0.05) is 12.2 Å². The van der Waals surface area contributed by atoms with Crippen LogP contribution in [0.5, 0.6) is 5.75 Å². The van der Waals surface area contributed by atoms with Gasteiger partial charge in [0.1, 0.15) is 5.75 Å². The highest BCUT2D eigenvalue weighted by Crippen LogP contribution is 2.10. The second-order valence-electron chi connectivity index (χ2n) is 3.30. The fourth-order valence-corrected chi connectivity index (χ4v) is 1.06. The van der Waals surface area contributed by atoms with Gasteiger partial charge >= 0.3 is 0 Å². The summed E-state index contributed by atoms with van der Waals surface area (Å²) in [4.78, 5) is 3.89. The summed E-state index contributed by atoms with van der Waals surface area (Å²) in [6.07, 6.45) is 8.14. The van der Waals surface area contributed by atoms with Gasteiger partial charge in [0.25, 0.3) is 0 Å². The molecular formula is C11H16N2O. The maximum Gasteiger partial charge on any atom is 0.134 e. The predicted molar refractivity (Wildman–Crippen MR) is 58.1 cm³/mol. The molecule has 0 spiro atoms. The van der Waals surface area contributed by atoms with Crippen molar-refractivity contribution in [2.75, 3.05) is 7.05 Å². The fraction of sp³-hybridized carbons (Fsp3) is 0.364. The predicted octanol–water partition coefficient (Wildman–Crippen LogP) is 1.80. The molecule has 1 aromatic heterocycles. The van der Waals surface area contributed by atoms with E-state index in [2.05, 4.69) is 23.3 Å². The van der Waals surface area contributed by atoms with Crippen molar-refractivity contribution in [1.82, 2.24) is 10.3 Å². The summed E-state index contributed by atoms with van der Waals surface area (Å²) in [6.45, 7) is 2.12. The molecule has 0 radical (unpaired) electrons. The van der Waals surface area contributed by atoms with E-state index in [9.17, 15) is 0 Å². The Morgan fingerprint density at radius 1 is 1.57 bits per heavy atom. The summed E-state index contributed by atoms with van der Waals surface area (Å²) in [6, 6.07) is 2.16. The van der Waals surface area contributed by atoms with E-state index in [1.165, 1.54) is 6.20 Å². The van der Waals surface area contributed by atoms with E-state index in [0.29, 0.717) is 6.04 Å². The zero-order valence-corrected chi connectivity index (χ0v) is 8.57. The molecule has 3 nitrogen and oxygen atoms in total. The molecule has 0 aliphatic carbocycles. The van der Waals surface area contributed by atoms with Gasteiger partial charge in [0.05, 0.1) is 6.20 Å². The van der Waals surface area contributed by atoms with Gasteiger partial charge < -0.3 is 10.4 Å². The summed E-state index contributed by atoms with van der Waals surface area (Å²) in [5, 5.41) is 12.3. The van der Waals surface area contributed by atoms with E-state index in [0.717, 1.165) is 12.0 Å². The number of aromatic hydroxyl groups is 1. The maximum atomic E-state index is 9.16. The number of hydrogen-bond donors (Lipinski definition) is 2. The van der Waals surface area contributed by atoms with Crippen molar-refractivity contribution in [2.45, 2.75) is 19.4 Å². The second-order valence-corrected chi connectivity index (χ2v) is 3.30. The lowest BCUT2D eigenvalue weighted by atomic mass is 10.2. The minimum absolute atomic E-state index is 0.203. The molecule has 1 aromatic rings. The Balaban J connectivity index is 2.51. The van der Waals surface area contributed by atoms with Crippen molar-refractivity contribution in [3.8, 4) is 5.75 Å². The number of nitrogens with one attached hydrogen (secondary N) is 1. The molecule has 2 N–H and O–H groups in total. The highest BCUT2D eigenvalue weighted by molar-refractivity contribution is 5.49. The van der Waals surface area contributed by atoms with Crippen LogP contribution in [0.15, 0.2) is 24.5 Å². The maximum absolute atomic E-state index is 9.16. The van der Waals surface area contributed by atoms with Crippen LogP contribution in [0.4, 0.5) is 0 Å². The van der Waals surface area contributed by atoms with Crippen LogP contribution in [-0.2, 0) is 0 Å². The Kier molecular flexibility index (Phi) is 4.13. The molecule has 0 unspecified atom stereocenters. The fourth-order valence-electron chi connectivity index (χ4n) is 1.06. The number of hydrogen-bond acceptors (Lipinski definition) is 3. The minimum Gasteiger partial charge on any atom is -0.506 e. The van der Waals surface area contributed by atoms with Crippen LogP contribution in [0.25, 0.3) is 6.08 Å². The Bertz CT molecular complexity index is 310. The van der Waals surface area contributed by atoms with Gasteiger partial charge in [0.15, 0.2) is 0 Å². The van der Waals surface area contributed by atoms with Crippen molar-refractivity contribution in [3.63, 3.8) is 0 Å². The lowest BCUT2D eigenvalue weighted by Crippen LogP contribution is -2.19. The topological polar surface area (TPSA) is 45.2 Å². The first-order valence-corrected chi connectivity index (χ1v) is 4.70. The third-order valence-electron chi connectivity index (χ3n) is 2.04. The summed E-state index contributed by atoms with van der Waals surface area (Å²) < 4.78 is 0. The standard InChI is InChI=1S/C11H16N2O/c1-9(12-2)4-3-5-10-6-11(14)8-13-7-10/h3,5-9,12,14H,4H2,1-2H3/b5-3+/t9-/m0/s1.